The van der Waals surface area contributed by atoms with Gasteiger partial charge in [0.05, 0.1) is 12.5 Å². The second-order valence-corrected chi connectivity index (χ2v) is 3.63. The van der Waals surface area contributed by atoms with Gasteiger partial charge in [-0.1, -0.05) is 31.2 Å². The first-order valence-corrected chi connectivity index (χ1v) is 5.00. The van der Waals surface area contributed by atoms with E-state index >= 15 is 0 Å². The molecule has 2 rings (SSSR count). The molecule has 0 aromatic heterocycles. The third-order valence-corrected chi connectivity index (χ3v) is 2.71. The lowest BCUT2D eigenvalue weighted by atomic mass is 9.96. The van der Waals surface area contributed by atoms with E-state index in [4.69, 9.17) is 4.74 Å². The Morgan fingerprint density at radius 3 is 2.57 bits per heavy atom. The van der Waals surface area contributed by atoms with Gasteiger partial charge in [-0.25, -0.2) is 0 Å². The Morgan fingerprint density at radius 2 is 2.07 bits per heavy atom. The average Bonchev–Trinajstić information content (AvgIpc) is 2.65. The summed E-state index contributed by atoms with van der Waals surface area (Å²) < 4.78 is 5.13. The summed E-state index contributed by atoms with van der Waals surface area (Å²) in [5.41, 5.74) is 2.39. The van der Waals surface area contributed by atoms with E-state index in [2.05, 4.69) is 19.1 Å². The fourth-order valence-electron chi connectivity index (χ4n) is 1.74. The molecule has 1 unspecified atom stereocenters. The van der Waals surface area contributed by atoms with Crippen molar-refractivity contribution >= 4 is 5.78 Å². The van der Waals surface area contributed by atoms with Gasteiger partial charge in [0.2, 0.25) is 0 Å². The molecule has 0 amide bonds. The van der Waals surface area contributed by atoms with Gasteiger partial charge in [-0.15, -0.1) is 0 Å². The third-order valence-electron chi connectivity index (χ3n) is 2.71. The molecule has 0 bridgehead atoms. The summed E-state index contributed by atoms with van der Waals surface area (Å²) in [7, 11) is 0. The lowest BCUT2D eigenvalue weighted by Gasteiger charge is -2.06. The summed E-state index contributed by atoms with van der Waals surface area (Å²) >= 11 is 0. The molecule has 0 spiro atoms. The Kier molecular flexibility index (Phi) is 2.64. The summed E-state index contributed by atoms with van der Waals surface area (Å²) in [5, 5.41) is 0. The maximum absolute atomic E-state index is 11.4. The molecule has 1 aromatic carbocycles. The van der Waals surface area contributed by atoms with Crippen molar-refractivity contribution in [2.45, 2.75) is 19.3 Å². The zero-order chi connectivity index (χ0) is 9.97. The Labute approximate surface area is 83.9 Å². The van der Waals surface area contributed by atoms with Gasteiger partial charge in [-0.3, -0.25) is 4.79 Å². The van der Waals surface area contributed by atoms with Gasteiger partial charge >= 0.3 is 0 Å². The SMILES string of the molecule is CCc1ccc(C2COCC2=O)cc1. The molecule has 1 aliphatic rings. The van der Waals surface area contributed by atoms with Gasteiger partial charge in [-0.05, 0) is 17.5 Å². The topological polar surface area (TPSA) is 26.3 Å². The molecule has 14 heavy (non-hydrogen) atoms. The first kappa shape index (κ1) is 9.41. The number of benzene rings is 1. The number of carbonyl (C=O) groups excluding carboxylic acids is 1. The Bertz CT molecular complexity index is 327. The number of carbonyl (C=O) groups is 1. The molecule has 1 atom stereocenters. The van der Waals surface area contributed by atoms with Crippen LogP contribution in [-0.4, -0.2) is 19.0 Å². The van der Waals surface area contributed by atoms with Crippen LogP contribution < -0.4 is 0 Å². The summed E-state index contributed by atoms with van der Waals surface area (Å²) in [5.74, 6) is 0.176. The molecule has 2 nitrogen and oxygen atoms in total. The summed E-state index contributed by atoms with van der Waals surface area (Å²) in [6, 6.07) is 8.24. The van der Waals surface area contributed by atoms with E-state index in [1.165, 1.54) is 5.56 Å². The monoisotopic (exact) mass is 190 g/mol. The lowest BCUT2D eigenvalue weighted by Crippen LogP contribution is -2.08. The largest absolute Gasteiger partial charge is 0.373 e. The van der Waals surface area contributed by atoms with E-state index in [0.717, 1.165) is 12.0 Å². The number of rotatable bonds is 2. The normalized spacial score (nSPS) is 21.5. The number of Topliss-reactive ketones (excluding diaryl/α,β-unsaturated/α-hetero) is 1. The van der Waals surface area contributed by atoms with Crippen LogP contribution in [0.4, 0.5) is 0 Å². The fraction of sp³-hybridized carbons (Fsp3) is 0.417. The predicted octanol–water partition coefficient (Wildman–Crippen LogP) is 1.93. The minimum Gasteiger partial charge on any atom is -0.373 e. The highest BCUT2D eigenvalue weighted by molar-refractivity contribution is 5.88. The second kappa shape index (κ2) is 3.93. The highest BCUT2D eigenvalue weighted by atomic mass is 16.5. The molecule has 74 valence electrons. The van der Waals surface area contributed by atoms with E-state index in [9.17, 15) is 4.79 Å². The minimum absolute atomic E-state index is 0.0269. The molecule has 0 radical (unpaired) electrons. The van der Waals surface area contributed by atoms with Crippen molar-refractivity contribution in [3.8, 4) is 0 Å². The summed E-state index contributed by atoms with van der Waals surface area (Å²) in [4.78, 5) is 11.4. The molecule has 1 aromatic rings. The molecular weight excluding hydrogens is 176 g/mol. The van der Waals surface area contributed by atoms with Gasteiger partial charge in [0.1, 0.15) is 6.61 Å². The predicted molar refractivity (Wildman–Crippen MR) is 54.4 cm³/mol. The van der Waals surface area contributed by atoms with Crippen LogP contribution in [0, 0.1) is 0 Å². The number of ether oxygens (including phenoxy) is 1. The molecule has 1 aliphatic heterocycles. The van der Waals surface area contributed by atoms with Gasteiger partial charge in [0.15, 0.2) is 5.78 Å². The molecule has 1 saturated heterocycles. The molecule has 2 heteroatoms. The molecular formula is C12H14O2. The van der Waals surface area contributed by atoms with Crippen molar-refractivity contribution in [1.82, 2.24) is 0 Å². The number of aryl methyl sites for hydroxylation is 1. The molecule has 0 N–H and O–H groups in total. The zero-order valence-corrected chi connectivity index (χ0v) is 8.32. The van der Waals surface area contributed by atoms with Crippen molar-refractivity contribution in [3.05, 3.63) is 35.4 Å². The van der Waals surface area contributed by atoms with Crippen molar-refractivity contribution in [2.75, 3.05) is 13.2 Å². The molecule has 1 fully saturated rings. The zero-order valence-electron chi connectivity index (χ0n) is 8.32. The first-order chi connectivity index (χ1) is 6.81. The van der Waals surface area contributed by atoms with Gasteiger partial charge in [0, 0.05) is 0 Å². The summed E-state index contributed by atoms with van der Waals surface area (Å²) in [6.45, 7) is 2.95. The van der Waals surface area contributed by atoms with Crippen LogP contribution >= 0.6 is 0 Å². The molecule has 1 heterocycles. The Morgan fingerprint density at radius 1 is 1.36 bits per heavy atom. The van der Waals surface area contributed by atoms with Crippen LogP contribution in [0.2, 0.25) is 0 Å². The van der Waals surface area contributed by atoms with Crippen molar-refractivity contribution in [3.63, 3.8) is 0 Å². The first-order valence-electron chi connectivity index (χ1n) is 5.00. The molecule has 0 saturated carbocycles. The van der Waals surface area contributed by atoms with E-state index in [1.807, 2.05) is 12.1 Å². The van der Waals surface area contributed by atoms with Crippen molar-refractivity contribution in [1.29, 1.82) is 0 Å². The molecule has 0 aliphatic carbocycles. The summed E-state index contributed by atoms with van der Waals surface area (Å²) in [6.07, 6.45) is 1.04. The number of hydrogen-bond acceptors (Lipinski definition) is 2. The maximum Gasteiger partial charge on any atom is 0.168 e. The average molecular weight is 190 g/mol. The fourth-order valence-corrected chi connectivity index (χ4v) is 1.74. The van der Waals surface area contributed by atoms with Crippen LogP contribution in [0.5, 0.6) is 0 Å². The smallest absolute Gasteiger partial charge is 0.168 e. The maximum atomic E-state index is 11.4. The van der Waals surface area contributed by atoms with E-state index in [0.29, 0.717) is 6.61 Å². The third kappa shape index (κ3) is 1.70. The van der Waals surface area contributed by atoms with Crippen LogP contribution in [0.1, 0.15) is 24.0 Å². The minimum atomic E-state index is -0.0269. The van der Waals surface area contributed by atoms with Crippen LogP contribution in [0.25, 0.3) is 0 Å². The quantitative estimate of drug-likeness (QED) is 0.712. The van der Waals surface area contributed by atoms with Gasteiger partial charge in [0.25, 0.3) is 0 Å². The van der Waals surface area contributed by atoms with Crippen LogP contribution in [0.3, 0.4) is 0 Å². The lowest BCUT2D eigenvalue weighted by molar-refractivity contribution is -0.118. The van der Waals surface area contributed by atoms with Crippen LogP contribution in [-0.2, 0) is 16.0 Å². The number of hydrogen-bond donors (Lipinski definition) is 0. The van der Waals surface area contributed by atoms with Gasteiger partial charge < -0.3 is 4.74 Å². The number of ketones is 1. The van der Waals surface area contributed by atoms with Crippen molar-refractivity contribution < 1.29 is 9.53 Å². The van der Waals surface area contributed by atoms with E-state index < -0.39 is 0 Å². The highest BCUT2D eigenvalue weighted by Gasteiger charge is 2.26. The van der Waals surface area contributed by atoms with E-state index in [1.54, 1.807) is 0 Å². The highest BCUT2D eigenvalue weighted by Crippen LogP contribution is 2.22. The second-order valence-electron chi connectivity index (χ2n) is 3.63. The van der Waals surface area contributed by atoms with Crippen LogP contribution in [0.15, 0.2) is 24.3 Å². The van der Waals surface area contributed by atoms with E-state index in [-0.39, 0.29) is 18.3 Å². The Balaban J connectivity index is 2.20. The van der Waals surface area contributed by atoms with Gasteiger partial charge in [-0.2, -0.15) is 0 Å². The van der Waals surface area contributed by atoms with Crippen molar-refractivity contribution in [2.24, 2.45) is 0 Å². The Hall–Kier alpha value is -1.15. The standard InChI is InChI=1S/C12H14O2/c1-2-9-3-5-10(6-4-9)11-7-14-8-12(11)13/h3-6,11H,2,7-8H2,1H3.